The van der Waals surface area contributed by atoms with Gasteiger partial charge in [-0.2, -0.15) is 5.10 Å². The molecule has 8 heteroatoms. The smallest absolute Gasteiger partial charge is 0.295 e. The van der Waals surface area contributed by atoms with Gasteiger partial charge in [-0.1, -0.05) is 42.5 Å². The Morgan fingerprint density at radius 1 is 1.04 bits per heavy atom. The van der Waals surface area contributed by atoms with Crippen molar-refractivity contribution in [3.05, 3.63) is 75.8 Å². The van der Waals surface area contributed by atoms with Crippen LogP contribution in [0, 0.1) is 10.1 Å². The Balaban J connectivity index is 1.42. The van der Waals surface area contributed by atoms with Crippen molar-refractivity contribution < 1.29 is 19.5 Å². The number of nitro benzene ring substituents is 1. The SMILES string of the molecule is O=C(C[NH+]1CC[NH+](Cc2ccccc2)CC1)N/N=C\c1ccccc1[N+](=O)[O-]. The Labute approximate surface area is 163 Å². The summed E-state index contributed by atoms with van der Waals surface area (Å²) < 4.78 is 0. The van der Waals surface area contributed by atoms with E-state index < -0.39 is 4.92 Å². The lowest BCUT2D eigenvalue weighted by atomic mass is 10.2. The van der Waals surface area contributed by atoms with Gasteiger partial charge in [-0.15, -0.1) is 0 Å². The highest BCUT2D eigenvalue weighted by Crippen LogP contribution is 2.14. The van der Waals surface area contributed by atoms with Crippen LogP contribution >= 0.6 is 0 Å². The summed E-state index contributed by atoms with van der Waals surface area (Å²) in [5.74, 6) is -0.184. The lowest BCUT2D eigenvalue weighted by Gasteiger charge is -2.29. The van der Waals surface area contributed by atoms with Gasteiger partial charge in [-0.3, -0.25) is 14.9 Å². The van der Waals surface area contributed by atoms with E-state index in [-0.39, 0.29) is 11.6 Å². The Morgan fingerprint density at radius 3 is 2.39 bits per heavy atom. The summed E-state index contributed by atoms with van der Waals surface area (Å²) in [6.07, 6.45) is 1.31. The number of carbonyl (C=O) groups is 1. The van der Waals surface area contributed by atoms with Crippen LogP contribution in [0.1, 0.15) is 11.1 Å². The lowest BCUT2D eigenvalue weighted by molar-refractivity contribution is -1.02. The summed E-state index contributed by atoms with van der Waals surface area (Å²) in [7, 11) is 0. The molecule has 0 aliphatic carbocycles. The van der Waals surface area contributed by atoms with E-state index in [4.69, 9.17) is 0 Å². The maximum atomic E-state index is 12.1. The number of hydrazone groups is 1. The quantitative estimate of drug-likeness (QED) is 0.326. The van der Waals surface area contributed by atoms with Crippen molar-refractivity contribution in [1.29, 1.82) is 0 Å². The molecular formula is C20H25N5O3+2. The lowest BCUT2D eigenvalue weighted by Crippen LogP contribution is -3.28. The average molecular weight is 383 g/mol. The first-order valence-corrected chi connectivity index (χ1v) is 9.38. The van der Waals surface area contributed by atoms with Gasteiger partial charge in [-0.05, 0) is 6.07 Å². The second-order valence-corrected chi connectivity index (χ2v) is 6.95. The fourth-order valence-corrected chi connectivity index (χ4v) is 3.40. The zero-order valence-electron chi connectivity index (χ0n) is 15.6. The number of nitrogens with one attached hydrogen (secondary N) is 3. The molecule has 0 aromatic heterocycles. The minimum atomic E-state index is -0.468. The van der Waals surface area contributed by atoms with Gasteiger partial charge in [0, 0.05) is 11.6 Å². The molecule has 3 rings (SSSR count). The number of amides is 1. The number of nitrogens with zero attached hydrogens (tertiary/aromatic N) is 2. The Hall–Kier alpha value is -3.10. The summed E-state index contributed by atoms with van der Waals surface area (Å²) >= 11 is 0. The molecule has 0 saturated carbocycles. The first-order chi connectivity index (χ1) is 13.6. The van der Waals surface area contributed by atoms with Crippen molar-refractivity contribution >= 4 is 17.8 Å². The van der Waals surface area contributed by atoms with E-state index in [9.17, 15) is 14.9 Å². The first kappa shape index (κ1) is 19.7. The summed E-state index contributed by atoms with van der Waals surface area (Å²) in [6, 6.07) is 16.7. The molecule has 0 radical (unpaired) electrons. The fraction of sp³-hybridized carbons (Fsp3) is 0.300. The monoisotopic (exact) mass is 383 g/mol. The number of carbonyl (C=O) groups excluding carboxylic acids is 1. The highest BCUT2D eigenvalue weighted by Gasteiger charge is 2.24. The molecule has 1 amide bonds. The summed E-state index contributed by atoms with van der Waals surface area (Å²) in [5, 5.41) is 14.8. The highest BCUT2D eigenvalue weighted by atomic mass is 16.6. The first-order valence-electron chi connectivity index (χ1n) is 9.38. The van der Waals surface area contributed by atoms with Crippen LogP contribution in [0.25, 0.3) is 0 Å². The molecule has 0 bridgehead atoms. The van der Waals surface area contributed by atoms with Crippen molar-refractivity contribution in [2.75, 3.05) is 32.7 Å². The van der Waals surface area contributed by atoms with Crippen molar-refractivity contribution in [2.45, 2.75) is 6.54 Å². The van der Waals surface area contributed by atoms with Gasteiger partial charge >= 0.3 is 0 Å². The number of hydrogen-bond acceptors (Lipinski definition) is 4. The van der Waals surface area contributed by atoms with Crippen LogP contribution in [0.15, 0.2) is 59.7 Å². The Morgan fingerprint density at radius 2 is 1.68 bits per heavy atom. The molecule has 1 aliphatic rings. The number of nitro groups is 1. The fourth-order valence-electron chi connectivity index (χ4n) is 3.40. The normalized spacial score (nSPS) is 19.4. The van der Waals surface area contributed by atoms with E-state index in [1.807, 2.05) is 6.07 Å². The van der Waals surface area contributed by atoms with Gasteiger partial charge in [0.2, 0.25) is 0 Å². The van der Waals surface area contributed by atoms with E-state index in [0.29, 0.717) is 12.1 Å². The molecule has 1 saturated heterocycles. The van der Waals surface area contributed by atoms with Crippen LogP contribution < -0.4 is 15.2 Å². The minimum Gasteiger partial charge on any atom is -0.322 e. The van der Waals surface area contributed by atoms with Crippen molar-refractivity contribution in [3.63, 3.8) is 0 Å². The molecule has 8 nitrogen and oxygen atoms in total. The number of hydrogen-bond donors (Lipinski definition) is 3. The van der Waals surface area contributed by atoms with E-state index in [0.717, 1.165) is 32.7 Å². The Kier molecular flexibility index (Phi) is 6.83. The number of rotatable bonds is 7. The van der Waals surface area contributed by atoms with Gasteiger partial charge in [0.1, 0.15) is 32.7 Å². The summed E-state index contributed by atoms with van der Waals surface area (Å²) in [6.45, 7) is 5.29. The van der Waals surface area contributed by atoms with E-state index in [1.54, 1.807) is 18.2 Å². The molecular weight excluding hydrogens is 358 g/mol. The second kappa shape index (κ2) is 9.72. The molecule has 2 aromatic carbocycles. The molecule has 2 aromatic rings. The molecule has 28 heavy (non-hydrogen) atoms. The van der Waals surface area contributed by atoms with Crippen LogP contribution in [-0.2, 0) is 11.3 Å². The van der Waals surface area contributed by atoms with Crippen molar-refractivity contribution in [3.8, 4) is 0 Å². The molecule has 1 fully saturated rings. The topological polar surface area (TPSA) is 93.5 Å². The van der Waals surface area contributed by atoms with Gasteiger partial charge in [0.05, 0.1) is 16.7 Å². The maximum Gasteiger partial charge on any atom is 0.295 e. The zero-order valence-corrected chi connectivity index (χ0v) is 15.6. The molecule has 0 atom stereocenters. The number of benzene rings is 2. The van der Waals surface area contributed by atoms with Gasteiger partial charge < -0.3 is 9.80 Å². The molecule has 1 aliphatic heterocycles. The average Bonchev–Trinajstić information content (AvgIpc) is 2.70. The maximum absolute atomic E-state index is 12.1. The van der Waals surface area contributed by atoms with Crippen LogP contribution in [0.2, 0.25) is 0 Å². The molecule has 0 spiro atoms. The third-order valence-corrected chi connectivity index (χ3v) is 4.90. The number of quaternary nitrogens is 2. The van der Waals surface area contributed by atoms with E-state index in [1.165, 1.54) is 27.6 Å². The van der Waals surface area contributed by atoms with Gasteiger partial charge in [-0.25, -0.2) is 5.43 Å². The number of para-hydroxylation sites is 1. The molecule has 1 heterocycles. The van der Waals surface area contributed by atoms with Gasteiger partial charge in [0.15, 0.2) is 6.54 Å². The largest absolute Gasteiger partial charge is 0.322 e. The predicted octanol–water partition coefficient (Wildman–Crippen LogP) is -0.971. The second-order valence-electron chi connectivity index (χ2n) is 6.95. The van der Waals surface area contributed by atoms with Crippen LogP contribution in [0.4, 0.5) is 5.69 Å². The minimum absolute atomic E-state index is 0.0383. The molecule has 0 unspecified atom stereocenters. The third-order valence-electron chi connectivity index (χ3n) is 4.90. The van der Waals surface area contributed by atoms with E-state index >= 15 is 0 Å². The predicted molar refractivity (Wildman–Crippen MR) is 105 cm³/mol. The van der Waals surface area contributed by atoms with Crippen molar-refractivity contribution in [1.82, 2.24) is 5.43 Å². The zero-order chi connectivity index (χ0) is 19.8. The standard InChI is InChI=1S/C20H23N5O3/c26-20(22-21-14-18-8-4-5-9-19(18)25(27)28)16-24-12-10-23(11-13-24)15-17-6-2-1-3-7-17/h1-9,14H,10-13,15-16H2,(H,22,26)/p+2/b21-14-. The number of piperazine rings is 1. The molecule has 146 valence electrons. The van der Waals surface area contributed by atoms with Crippen LogP contribution in [0.3, 0.4) is 0 Å². The van der Waals surface area contributed by atoms with Crippen LogP contribution in [-0.4, -0.2) is 49.8 Å². The Bertz CT molecular complexity index is 833. The van der Waals surface area contributed by atoms with Crippen LogP contribution in [0.5, 0.6) is 0 Å². The summed E-state index contributed by atoms with van der Waals surface area (Å²) in [5.41, 5.74) is 4.13. The highest BCUT2D eigenvalue weighted by molar-refractivity contribution is 5.86. The van der Waals surface area contributed by atoms with Gasteiger partial charge in [0.25, 0.3) is 11.6 Å². The molecule has 3 N–H and O–H groups in total. The summed E-state index contributed by atoms with van der Waals surface area (Å²) in [4.78, 5) is 25.4. The van der Waals surface area contributed by atoms with Crippen molar-refractivity contribution in [2.24, 2.45) is 5.10 Å². The van der Waals surface area contributed by atoms with E-state index in [2.05, 4.69) is 34.8 Å². The third kappa shape index (κ3) is 5.70.